The van der Waals surface area contributed by atoms with Gasteiger partial charge in [-0.3, -0.25) is 0 Å². The summed E-state index contributed by atoms with van der Waals surface area (Å²) in [4.78, 5) is 4.46. The SMILES string of the molecule is CC(C)C1CC=CCC1c1nccs1. The Morgan fingerprint density at radius 3 is 2.79 bits per heavy atom. The molecule has 1 aromatic heterocycles. The van der Waals surface area contributed by atoms with E-state index in [9.17, 15) is 0 Å². The Labute approximate surface area is 89.9 Å². The zero-order valence-electron chi connectivity index (χ0n) is 8.81. The number of thiazole rings is 1. The van der Waals surface area contributed by atoms with Crippen molar-refractivity contribution in [3.05, 3.63) is 28.7 Å². The van der Waals surface area contributed by atoms with E-state index < -0.39 is 0 Å². The van der Waals surface area contributed by atoms with E-state index >= 15 is 0 Å². The van der Waals surface area contributed by atoms with Gasteiger partial charge in [0.2, 0.25) is 0 Å². The Kier molecular flexibility index (Phi) is 3.02. The Morgan fingerprint density at radius 2 is 2.14 bits per heavy atom. The second-order valence-corrected chi connectivity index (χ2v) is 5.25. The van der Waals surface area contributed by atoms with Crippen LogP contribution in [-0.2, 0) is 0 Å². The molecule has 1 aromatic rings. The smallest absolute Gasteiger partial charge is 0.0961 e. The lowest BCUT2D eigenvalue weighted by molar-refractivity contribution is 0.310. The Hall–Kier alpha value is -0.630. The Balaban J connectivity index is 2.20. The number of allylic oxidation sites excluding steroid dienone is 2. The average molecular weight is 207 g/mol. The maximum Gasteiger partial charge on any atom is 0.0961 e. The van der Waals surface area contributed by atoms with E-state index in [0.29, 0.717) is 5.92 Å². The number of aromatic nitrogens is 1. The minimum absolute atomic E-state index is 0.667. The van der Waals surface area contributed by atoms with Crippen LogP contribution in [0.1, 0.15) is 37.6 Å². The minimum atomic E-state index is 0.667. The van der Waals surface area contributed by atoms with Gasteiger partial charge < -0.3 is 0 Å². The molecule has 2 atom stereocenters. The molecule has 2 rings (SSSR count). The maximum atomic E-state index is 4.46. The average Bonchev–Trinajstić information content (AvgIpc) is 2.70. The number of nitrogens with zero attached hydrogens (tertiary/aromatic N) is 1. The van der Waals surface area contributed by atoms with E-state index in [-0.39, 0.29) is 0 Å². The van der Waals surface area contributed by atoms with Crippen molar-refractivity contribution in [2.75, 3.05) is 0 Å². The van der Waals surface area contributed by atoms with E-state index in [4.69, 9.17) is 0 Å². The first kappa shape index (κ1) is 9.91. The van der Waals surface area contributed by atoms with Crippen LogP contribution in [0, 0.1) is 11.8 Å². The van der Waals surface area contributed by atoms with Gasteiger partial charge in [0.25, 0.3) is 0 Å². The fourth-order valence-electron chi connectivity index (χ4n) is 2.27. The molecule has 0 N–H and O–H groups in total. The molecule has 1 heterocycles. The van der Waals surface area contributed by atoms with E-state index in [2.05, 4.69) is 36.4 Å². The molecule has 0 spiro atoms. The topological polar surface area (TPSA) is 12.9 Å². The third kappa shape index (κ3) is 1.90. The van der Waals surface area contributed by atoms with E-state index in [1.54, 1.807) is 11.3 Å². The molecule has 1 aliphatic rings. The first-order valence-corrected chi connectivity index (χ1v) is 6.21. The standard InChI is InChI=1S/C12H17NS/c1-9(2)10-5-3-4-6-11(10)12-13-7-8-14-12/h3-4,7-11H,5-6H2,1-2H3. The maximum absolute atomic E-state index is 4.46. The number of rotatable bonds is 2. The number of hydrogen-bond donors (Lipinski definition) is 0. The van der Waals surface area contributed by atoms with Crippen molar-refractivity contribution < 1.29 is 0 Å². The number of hydrogen-bond acceptors (Lipinski definition) is 2. The van der Waals surface area contributed by atoms with Crippen LogP contribution in [0.15, 0.2) is 23.7 Å². The molecule has 0 fully saturated rings. The Morgan fingerprint density at radius 1 is 1.36 bits per heavy atom. The van der Waals surface area contributed by atoms with Crippen molar-refractivity contribution in [3.8, 4) is 0 Å². The highest BCUT2D eigenvalue weighted by Crippen LogP contribution is 2.39. The first-order valence-electron chi connectivity index (χ1n) is 5.33. The fourth-order valence-corrected chi connectivity index (χ4v) is 3.10. The molecule has 0 aromatic carbocycles. The lowest BCUT2D eigenvalue weighted by atomic mass is 9.77. The summed E-state index contributed by atoms with van der Waals surface area (Å²) in [5.74, 6) is 2.21. The molecule has 0 radical (unpaired) electrons. The largest absolute Gasteiger partial charge is 0.249 e. The zero-order valence-corrected chi connectivity index (χ0v) is 9.63. The van der Waals surface area contributed by atoms with Crippen molar-refractivity contribution >= 4 is 11.3 Å². The summed E-state index contributed by atoms with van der Waals surface area (Å²) in [6.45, 7) is 4.65. The first-order chi connectivity index (χ1) is 6.79. The molecule has 0 saturated carbocycles. The molecule has 0 bridgehead atoms. The second kappa shape index (κ2) is 4.26. The van der Waals surface area contributed by atoms with Crippen molar-refractivity contribution in [2.45, 2.75) is 32.6 Å². The zero-order chi connectivity index (χ0) is 9.97. The highest BCUT2D eigenvalue weighted by molar-refractivity contribution is 7.09. The molecule has 2 heteroatoms. The van der Waals surface area contributed by atoms with Gasteiger partial charge in [0.05, 0.1) is 5.01 Å². The summed E-state index contributed by atoms with van der Waals surface area (Å²) in [7, 11) is 0. The van der Waals surface area contributed by atoms with Gasteiger partial charge in [-0.2, -0.15) is 0 Å². The molecule has 1 aliphatic carbocycles. The fraction of sp³-hybridized carbons (Fsp3) is 0.583. The van der Waals surface area contributed by atoms with Gasteiger partial charge in [0.1, 0.15) is 0 Å². The van der Waals surface area contributed by atoms with Gasteiger partial charge >= 0.3 is 0 Å². The molecule has 0 aliphatic heterocycles. The summed E-state index contributed by atoms with van der Waals surface area (Å²) in [6, 6.07) is 0. The van der Waals surface area contributed by atoms with Crippen LogP contribution in [0.4, 0.5) is 0 Å². The summed E-state index contributed by atoms with van der Waals surface area (Å²) in [5.41, 5.74) is 0. The van der Waals surface area contributed by atoms with Crippen LogP contribution in [0.25, 0.3) is 0 Å². The molecule has 14 heavy (non-hydrogen) atoms. The van der Waals surface area contributed by atoms with Gasteiger partial charge in [-0.15, -0.1) is 11.3 Å². The van der Waals surface area contributed by atoms with Crippen molar-refractivity contribution in [1.29, 1.82) is 0 Å². The van der Waals surface area contributed by atoms with Crippen molar-refractivity contribution in [3.63, 3.8) is 0 Å². The van der Waals surface area contributed by atoms with Gasteiger partial charge in [-0.1, -0.05) is 26.0 Å². The molecule has 0 amide bonds. The molecular formula is C12H17NS. The van der Waals surface area contributed by atoms with E-state index in [1.807, 2.05) is 6.20 Å². The minimum Gasteiger partial charge on any atom is -0.249 e. The summed E-state index contributed by atoms with van der Waals surface area (Å²) in [6.07, 6.45) is 8.97. The van der Waals surface area contributed by atoms with Gasteiger partial charge in [-0.25, -0.2) is 4.98 Å². The van der Waals surface area contributed by atoms with Crippen LogP contribution < -0.4 is 0 Å². The molecule has 76 valence electrons. The van der Waals surface area contributed by atoms with Crippen LogP contribution in [0.3, 0.4) is 0 Å². The lowest BCUT2D eigenvalue weighted by Crippen LogP contribution is -2.20. The third-order valence-electron chi connectivity index (χ3n) is 3.11. The van der Waals surface area contributed by atoms with Gasteiger partial charge in [-0.05, 0) is 24.7 Å². The molecule has 1 nitrogen and oxygen atoms in total. The third-order valence-corrected chi connectivity index (χ3v) is 4.01. The second-order valence-electron chi connectivity index (χ2n) is 4.33. The van der Waals surface area contributed by atoms with Crippen molar-refractivity contribution in [1.82, 2.24) is 4.98 Å². The molecule has 2 unspecified atom stereocenters. The van der Waals surface area contributed by atoms with Gasteiger partial charge in [0.15, 0.2) is 0 Å². The van der Waals surface area contributed by atoms with Crippen LogP contribution in [-0.4, -0.2) is 4.98 Å². The predicted molar refractivity (Wildman–Crippen MR) is 61.6 cm³/mol. The summed E-state index contributed by atoms with van der Waals surface area (Å²) < 4.78 is 0. The highest BCUT2D eigenvalue weighted by Gasteiger charge is 2.27. The summed E-state index contributed by atoms with van der Waals surface area (Å²) >= 11 is 1.81. The quantitative estimate of drug-likeness (QED) is 0.671. The summed E-state index contributed by atoms with van der Waals surface area (Å²) in [5, 5.41) is 3.42. The van der Waals surface area contributed by atoms with E-state index in [0.717, 1.165) is 11.8 Å². The molecular weight excluding hydrogens is 190 g/mol. The Bertz CT molecular complexity index is 300. The van der Waals surface area contributed by atoms with Crippen LogP contribution in [0.2, 0.25) is 0 Å². The predicted octanol–water partition coefficient (Wildman–Crippen LogP) is 3.85. The monoisotopic (exact) mass is 207 g/mol. The van der Waals surface area contributed by atoms with Crippen LogP contribution in [0.5, 0.6) is 0 Å². The molecule has 0 saturated heterocycles. The lowest BCUT2D eigenvalue weighted by Gasteiger charge is -2.30. The van der Waals surface area contributed by atoms with Crippen molar-refractivity contribution in [2.24, 2.45) is 11.8 Å². The van der Waals surface area contributed by atoms with Gasteiger partial charge in [0, 0.05) is 17.5 Å². The van der Waals surface area contributed by atoms with E-state index in [1.165, 1.54) is 17.8 Å². The van der Waals surface area contributed by atoms with Crippen LogP contribution >= 0.6 is 11.3 Å². The normalized spacial score (nSPS) is 27.1. The highest BCUT2D eigenvalue weighted by atomic mass is 32.1.